The predicted octanol–water partition coefficient (Wildman–Crippen LogP) is 4.00. The second-order valence-electron chi connectivity index (χ2n) is 8.45. The number of nitrogens with one attached hydrogen (secondary N) is 1. The summed E-state index contributed by atoms with van der Waals surface area (Å²) < 4.78 is 0. The van der Waals surface area contributed by atoms with Gasteiger partial charge in [-0.05, 0) is 92.7 Å². The lowest BCUT2D eigenvalue weighted by Gasteiger charge is -2.43. The van der Waals surface area contributed by atoms with E-state index in [1.54, 1.807) is 24.1 Å². The first kappa shape index (κ1) is 22.0. The van der Waals surface area contributed by atoms with Crippen molar-refractivity contribution in [3.05, 3.63) is 59.2 Å². The highest BCUT2D eigenvalue weighted by Gasteiger charge is 2.59. The van der Waals surface area contributed by atoms with Crippen molar-refractivity contribution in [1.29, 1.82) is 5.26 Å². The number of thiocarbonyl (C=S) groups is 1. The highest BCUT2D eigenvalue weighted by atomic mass is 32.1. The molecule has 2 fully saturated rings. The Morgan fingerprint density at radius 3 is 2.44 bits per heavy atom. The molecule has 1 aliphatic carbocycles. The molecule has 1 heterocycles. The van der Waals surface area contributed by atoms with Crippen molar-refractivity contribution in [2.45, 2.75) is 51.0 Å². The molecule has 2 amide bonds. The third kappa shape index (κ3) is 3.65. The van der Waals surface area contributed by atoms with E-state index in [9.17, 15) is 14.9 Å². The number of anilines is 2. The van der Waals surface area contributed by atoms with E-state index < -0.39 is 5.54 Å². The highest BCUT2D eigenvalue weighted by molar-refractivity contribution is 7.81. The number of nitrogens with zero attached hydrogens (tertiary/aromatic N) is 3. The second-order valence-corrected chi connectivity index (χ2v) is 8.81. The molecule has 164 valence electrons. The lowest BCUT2D eigenvalue weighted by atomic mass is 9.75. The topological polar surface area (TPSA) is 76.4 Å². The van der Waals surface area contributed by atoms with Gasteiger partial charge in [-0.15, -0.1) is 0 Å². The van der Waals surface area contributed by atoms with Gasteiger partial charge in [-0.2, -0.15) is 5.26 Å². The van der Waals surface area contributed by atoms with Crippen LogP contribution in [0.15, 0.2) is 42.5 Å². The molecule has 0 radical (unpaired) electrons. The minimum Gasteiger partial charge on any atom is -0.359 e. The zero-order valence-corrected chi connectivity index (χ0v) is 19.2. The van der Waals surface area contributed by atoms with E-state index in [2.05, 4.69) is 11.4 Å². The fraction of sp³-hybridized carbons (Fsp3) is 0.360. The van der Waals surface area contributed by atoms with Gasteiger partial charge in [0.2, 0.25) is 5.91 Å². The standard InChI is InChI=1S/C25H26N4O2S/c1-17-15-21(12-9-19(17)16-26)28-23(31)25(13-4-14-25)29(24(28)32)20-10-7-18(8-11-20)5-3-6-22(30)27-2/h7-12,15H,3-6,13-14H2,1-2H3,(H,27,30). The van der Waals surface area contributed by atoms with E-state index >= 15 is 0 Å². The molecule has 1 saturated carbocycles. The van der Waals surface area contributed by atoms with Gasteiger partial charge in [-0.3, -0.25) is 14.5 Å². The van der Waals surface area contributed by atoms with Crippen LogP contribution in [0.4, 0.5) is 11.4 Å². The quantitative estimate of drug-likeness (QED) is 0.679. The molecule has 2 aromatic carbocycles. The molecule has 1 saturated heterocycles. The van der Waals surface area contributed by atoms with E-state index in [0.29, 0.717) is 22.8 Å². The third-order valence-corrected chi connectivity index (χ3v) is 6.89. The average molecular weight is 447 g/mol. The smallest absolute Gasteiger partial charge is 0.259 e. The summed E-state index contributed by atoms with van der Waals surface area (Å²) in [6.07, 6.45) is 4.64. The van der Waals surface area contributed by atoms with E-state index in [1.807, 2.05) is 42.2 Å². The predicted molar refractivity (Wildman–Crippen MR) is 128 cm³/mol. The average Bonchev–Trinajstić information content (AvgIpc) is 3.00. The Morgan fingerprint density at radius 1 is 1.19 bits per heavy atom. The van der Waals surface area contributed by atoms with Crippen molar-refractivity contribution < 1.29 is 9.59 Å². The summed E-state index contributed by atoms with van der Waals surface area (Å²) in [6, 6.07) is 15.7. The molecule has 0 atom stereocenters. The minimum atomic E-state index is -0.625. The SMILES string of the molecule is CNC(=O)CCCc1ccc(N2C(=S)N(c3ccc(C#N)c(C)c3)C(=O)C23CCC3)cc1. The van der Waals surface area contributed by atoms with Crippen molar-refractivity contribution in [3.8, 4) is 6.07 Å². The molecule has 2 aliphatic rings. The molecule has 0 bridgehead atoms. The number of carbonyl (C=O) groups excluding carboxylic acids is 2. The fourth-order valence-corrected chi connectivity index (χ4v) is 4.98. The van der Waals surface area contributed by atoms with Crippen LogP contribution in [0.25, 0.3) is 0 Å². The number of aryl methyl sites for hydroxylation is 2. The second kappa shape index (κ2) is 8.71. The van der Waals surface area contributed by atoms with E-state index in [4.69, 9.17) is 12.2 Å². The zero-order valence-electron chi connectivity index (χ0n) is 18.4. The summed E-state index contributed by atoms with van der Waals surface area (Å²) in [4.78, 5) is 28.6. The van der Waals surface area contributed by atoms with Gasteiger partial charge in [-0.1, -0.05) is 12.1 Å². The third-order valence-electron chi connectivity index (χ3n) is 6.52. The van der Waals surface area contributed by atoms with Crippen LogP contribution >= 0.6 is 12.2 Å². The molecule has 6 nitrogen and oxygen atoms in total. The van der Waals surface area contributed by atoms with Gasteiger partial charge in [0.25, 0.3) is 5.91 Å². The van der Waals surface area contributed by atoms with Crippen molar-refractivity contribution in [2.75, 3.05) is 16.8 Å². The maximum atomic E-state index is 13.6. The van der Waals surface area contributed by atoms with E-state index in [0.717, 1.165) is 48.9 Å². The molecule has 7 heteroatoms. The van der Waals surface area contributed by atoms with Crippen LogP contribution < -0.4 is 15.1 Å². The summed E-state index contributed by atoms with van der Waals surface area (Å²) in [5, 5.41) is 12.4. The summed E-state index contributed by atoms with van der Waals surface area (Å²) in [5.41, 5.74) is 3.55. The number of amides is 2. The van der Waals surface area contributed by atoms with Crippen LogP contribution in [0.3, 0.4) is 0 Å². The summed E-state index contributed by atoms with van der Waals surface area (Å²) in [7, 11) is 1.65. The van der Waals surface area contributed by atoms with Crippen molar-refractivity contribution >= 4 is 40.5 Å². The maximum Gasteiger partial charge on any atom is 0.259 e. The first-order chi connectivity index (χ1) is 15.4. The minimum absolute atomic E-state index is 0.00696. The number of nitriles is 1. The summed E-state index contributed by atoms with van der Waals surface area (Å²) in [6.45, 7) is 1.87. The first-order valence-electron chi connectivity index (χ1n) is 10.9. The van der Waals surface area contributed by atoms with Gasteiger partial charge in [-0.25, -0.2) is 0 Å². The number of hydrogen-bond acceptors (Lipinski definition) is 4. The Labute approximate surface area is 193 Å². The van der Waals surface area contributed by atoms with Gasteiger partial charge in [0, 0.05) is 19.2 Å². The fourth-order valence-electron chi connectivity index (χ4n) is 4.51. The Morgan fingerprint density at radius 2 is 1.88 bits per heavy atom. The number of benzene rings is 2. The van der Waals surface area contributed by atoms with E-state index in [1.165, 1.54) is 0 Å². The number of rotatable bonds is 6. The zero-order chi connectivity index (χ0) is 22.9. The molecule has 2 aromatic rings. The summed E-state index contributed by atoms with van der Waals surface area (Å²) >= 11 is 5.82. The van der Waals surface area contributed by atoms with Crippen molar-refractivity contribution in [2.24, 2.45) is 0 Å². The molecule has 1 N–H and O–H groups in total. The van der Waals surface area contributed by atoms with Crippen molar-refractivity contribution in [3.63, 3.8) is 0 Å². The van der Waals surface area contributed by atoms with Gasteiger partial charge in [0.1, 0.15) is 5.54 Å². The van der Waals surface area contributed by atoms with Gasteiger partial charge in [0.15, 0.2) is 5.11 Å². The number of hydrogen-bond donors (Lipinski definition) is 1. The van der Waals surface area contributed by atoms with Crippen LogP contribution in [-0.4, -0.2) is 29.5 Å². The van der Waals surface area contributed by atoms with Crippen LogP contribution in [0, 0.1) is 18.3 Å². The maximum absolute atomic E-state index is 13.6. The molecular weight excluding hydrogens is 420 g/mol. The Bertz CT molecular complexity index is 1120. The van der Waals surface area contributed by atoms with Gasteiger partial charge in [0.05, 0.1) is 17.3 Å². The first-order valence-corrected chi connectivity index (χ1v) is 11.3. The molecule has 1 spiro atoms. The molecule has 32 heavy (non-hydrogen) atoms. The Kier molecular flexibility index (Phi) is 5.98. The van der Waals surface area contributed by atoms with Crippen LogP contribution in [0.5, 0.6) is 0 Å². The van der Waals surface area contributed by atoms with Gasteiger partial charge < -0.3 is 10.2 Å². The normalized spacial score (nSPS) is 16.8. The van der Waals surface area contributed by atoms with Crippen LogP contribution in [-0.2, 0) is 16.0 Å². The van der Waals surface area contributed by atoms with Crippen molar-refractivity contribution in [1.82, 2.24) is 5.32 Å². The lowest BCUT2D eigenvalue weighted by Crippen LogP contribution is -2.55. The Hall–Kier alpha value is -3.24. The Balaban J connectivity index is 1.59. The highest BCUT2D eigenvalue weighted by Crippen LogP contribution is 2.47. The lowest BCUT2D eigenvalue weighted by molar-refractivity contribution is -0.124. The van der Waals surface area contributed by atoms with Crippen LogP contribution in [0.1, 0.15) is 48.8 Å². The molecule has 0 aromatic heterocycles. The number of carbonyl (C=O) groups is 2. The van der Waals surface area contributed by atoms with Gasteiger partial charge >= 0.3 is 0 Å². The van der Waals surface area contributed by atoms with E-state index in [-0.39, 0.29) is 11.8 Å². The molecule has 1 aliphatic heterocycles. The largest absolute Gasteiger partial charge is 0.359 e. The molecule has 4 rings (SSSR count). The molecular formula is C25H26N4O2S. The molecule has 0 unspecified atom stereocenters. The summed E-state index contributed by atoms with van der Waals surface area (Å²) in [5.74, 6) is 0.0557. The van der Waals surface area contributed by atoms with Crippen LogP contribution in [0.2, 0.25) is 0 Å². The monoisotopic (exact) mass is 446 g/mol.